The maximum atomic E-state index is 6.11. The summed E-state index contributed by atoms with van der Waals surface area (Å²) in [7, 11) is 0. The number of hydrogen-bond acceptors (Lipinski definition) is 4. The largest absolute Gasteiger partial charge is 0.456 e. The molecule has 8 nitrogen and oxygen atoms in total. The molecule has 0 aliphatic heterocycles. The second-order valence-electron chi connectivity index (χ2n) is 38.4. The van der Waals surface area contributed by atoms with Gasteiger partial charge in [-0.15, -0.1) is 0 Å². The van der Waals surface area contributed by atoms with Gasteiger partial charge in [0.1, 0.15) is 44.7 Å². The van der Waals surface area contributed by atoms with Crippen molar-refractivity contribution in [2.45, 2.75) is 0 Å². The van der Waals surface area contributed by atoms with Crippen LogP contribution in [0.3, 0.4) is 0 Å². The molecule has 0 spiro atoms. The molecule has 692 valence electrons. The fourth-order valence-electron chi connectivity index (χ4n) is 23.0. The van der Waals surface area contributed by atoms with Crippen molar-refractivity contribution in [3.63, 3.8) is 0 Å². The summed E-state index contributed by atoms with van der Waals surface area (Å²) in [4.78, 5) is 0. The molecule has 32 rings (SSSR count). The summed E-state index contributed by atoms with van der Waals surface area (Å²) >= 11 is 0. The minimum absolute atomic E-state index is 0.917. The van der Waals surface area contributed by atoms with E-state index in [0.717, 1.165) is 93.4 Å². The summed E-state index contributed by atoms with van der Waals surface area (Å²) in [5.41, 5.74) is 36.2. The summed E-state index contributed by atoms with van der Waals surface area (Å²) in [6.45, 7) is 0. The van der Waals surface area contributed by atoms with E-state index in [-0.39, 0.29) is 0 Å². The van der Waals surface area contributed by atoms with Gasteiger partial charge in [-0.3, -0.25) is 0 Å². The maximum Gasteiger partial charge on any atom is 0.135 e. The average molecular weight is 1890 g/mol. The van der Waals surface area contributed by atoms with Gasteiger partial charge < -0.3 is 35.9 Å². The molecule has 0 radical (unpaired) electrons. The molecule has 8 heteroatoms. The van der Waals surface area contributed by atoms with E-state index in [4.69, 9.17) is 17.7 Å². The monoisotopic (exact) mass is 1890 g/mol. The molecule has 0 fully saturated rings. The fourth-order valence-corrected chi connectivity index (χ4v) is 23.0. The van der Waals surface area contributed by atoms with Gasteiger partial charge in [-0.2, -0.15) is 0 Å². The van der Waals surface area contributed by atoms with Crippen LogP contribution < -0.4 is 0 Å². The van der Waals surface area contributed by atoms with Gasteiger partial charge >= 0.3 is 0 Å². The van der Waals surface area contributed by atoms with Gasteiger partial charge in [-0.1, -0.05) is 370 Å². The predicted octanol–water partition coefficient (Wildman–Crippen LogP) is 39.0. The van der Waals surface area contributed by atoms with Crippen molar-refractivity contribution in [1.29, 1.82) is 0 Å². The average Bonchev–Trinajstić information content (AvgIpc) is 1.57. The molecule has 0 aliphatic rings. The minimum atomic E-state index is 0.917. The molecule has 32 aromatic rings. The van der Waals surface area contributed by atoms with Crippen molar-refractivity contribution in [2.75, 3.05) is 0 Å². The second-order valence-corrected chi connectivity index (χ2v) is 38.4. The van der Waals surface area contributed by atoms with Gasteiger partial charge in [0.2, 0.25) is 0 Å². The normalized spacial score (nSPS) is 11.8. The lowest BCUT2D eigenvalue weighted by Gasteiger charge is -2.15. The van der Waals surface area contributed by atoms with Crippen LogP contribution in [0.15, 0.2) is 552 Å². The van der Waals surface area contributed by atoms with E-state index < -0.39 is 0 Å². The lowest BCUT2D eigenvalue weighted by Crippen LogP contribution is -1.96. The molecule has 24 aromatic carbocycles. The topological polar surface area (TPSA) is 72.3 Å². The molecule has 148 heavy (non-hydrogen) atoms. The third-order valence-electron chi connectivity index (χ3n) is 30.0. The highest BCUT2D eigenvalue weighted by molar-refractivity contribution is 6.18. The lowest BCUT2D eigenvalue weighted by atomic mass is 9.97. The standard InChI is InChI=1S/C40H25NO.C36H23NO.C34H21NO.C30H19NO/c1-2-10-26(11-3-1)29-21-22-37(31-13-5-4-12-30(29)31)41-36-16-8-6-14-32(36)33-20-18-28(25-38(33)41)27-19-23-40-35(24-27)34-15-7-9-17-39(34)42-40;1-2-8-24(9-3-1)25-14-18-28(19-15-25)37-33-12-6-4-10-29(33)30-20-16-27(23-34(30)37)26-17-21-36-32(22-26)31-11-5-7-13-35(31)38-36;1-2-8-23-19-26(16-13-22(23)7-1)35-31-11-5-3-9-27(31)28-17-14-25(21-32(28)35)24-15-18-34-30(20-24)29-10-4-6-12-33(29)36-34;1-2-8-22(9-3-1)31-27-12-6-4-10-23(27)24-16-14-21(19-28(24)31)20-15-17-30-26(18-20)25-11-5-7-13-29(25)32-30/h1-25H;1-23H;1-21H;1-19H. The Morgan fingerprint density at radius 1 is 0.115 bits per heavy atom. The Labute approximate surface area is 849 Å². The summed E-state index contributed by atoms with van der Waals surface area (Å²) in [5, 5.41) is 24.3. The number of rotatable bonds is 10. The molecular formula is C140H88N4O4. The van der Waals surface area contributed by atoms with Crippen LogP contribution >= 0.6 is 0 Å². The number of benzene rings is 24. The van der Waals surface area contributed by atoms with E-state index in [9.17, 15) is 0 Å². The molecule has 0 N–H and O–H groups in total. The third-order valence-corrected chi connectivity index (χ3v) is 30.0. The number of nitrogens with zero attached hydrogens (tertiary/aromatic N) is 4. The molecule has 0 saturated heterocycles. The van der Waals surface area contributed by atoms with Crippen molar-refractivity contribution in [3.8, 4) is 89.5 Å². The summed E-state index contributed by atoms with van der Waals surface area (Å²) in [6, 6.07) is 190. The molecule has 0 amide bonds. The first kappa shape index (κ1) is 85.0. The third kappa shape index (κ3) is 14.4. The molecule has 0 aliphatic carbocycles. The number of aromatic nitrogens is 4. The van der Waals surface area contributed by atoms with Crippen LogP contribution in [0.5, 0.6) is 0 Å². The Morgan fingerprint density at radius 3 is 0.770 bits per heavy atom. The fraction of sp³-hybridized carbons (Fsp3) is 0. The van der Waals surface area contributed by atoms with E-state index in [0.29, 0.717) is 0 Å². The zero-order chi connectivity index (χ0) is 97.4. The van der Waals surface area contributed by atoms with Crippen LogP contribution in [0.1, 0.15) is 0 Å². The molecule has 0 bridgehead atoms. The smallest absolute Gasteiger partial charge is 0.135 e. The van der Waals surface area contributed by atoms with Gasteiger partial charge in [0.25, 0.3) is 0 Å². The number of furan rings is 4. The van der Waals surface area contributed by atoms with E-state index >= 15 is 0 Å². The predicted molar refractivity (Wildman–Crippen MR) is 620 cm³/mol. The zero-order valence-electron chi connectivity index (χ0n) is 80.2. The van der Waals surface area contributed by atoms with E-state index in [1.165, 1.54) is 193 Å². The molecule has 0 unspecified atom stereocenters. The summed E-state index contributed by atoms with van der Waals surface area (Å²) in [6.07, 6.45) is 0. The van der Waals surface area contributed by atoms with Gasteiger partial charge in [0, 0.05) is 109 Å². The number of fused-ring (bicyclic) bond motifs is 26. The van der Waals surface area contributed by atoms with Crippen molar-refractivity contribution in [1.82, 2.24) is 18.3 Å². The van der Waals surface area contributed by atoms with E-state index in [2.05, 4.69) is 504 Å². The SMILES string of the molecule is c1ccc(-c2ccc(-n3c4ccccc4c4ccc(-c5ccc6oc7ccccc7c6c5)cc43)c3ccccc23)cc1.c1ccc(-c2ccc(-n3c4ccccc4c4ccc(-c5ccc6oc7ccccc7c6c5)cc43)cc2)cc1.c1ccc(-n2c3ccccc3c3ccc(-c4ccc5oc6ccccc6c5c4)cc32)cc1.c1ccc2cc(-n3c4ccccc4c4ccc(-c5ccc6oc7ccccc7c6c5)cc43)ccc2c1. The van der Waals surface area contributed by atoms with Crippen LogP contribution in [0, 0.1) is 0 Å². The highest BCUT2D eigenvalue weighted by Gasteiger charge is 2.24. The van der Waals surface area contributed by atoms with Crippen LogP contribution in [0.4, 0.5) is 0 Å². The van der Waals surface area contributed by atoms with Crippen LogP contribution in [0.25, 0.3) is 286 Å². The first-order valence-electron chi connectivity index (χ1n) is 50.4. The molecule has 8 heterocycles. The van der Waals surface area contributed by atoms with E-state index in [1.54, 1.807) is 0 Å². The van der Waals surface area contributed by atoms with Crippen LogP contribution in [-0.2, 0) is 0 Å². The zero-order valence-corrected chi connectivity index (χ0v) is 80.2. The second kappa shape index (κ2) is 35.1. The Balaban J connectivity index is 0.0000000934. The van der Waals surface area contributed by atoms with Crippen LogP contribution in [0.2, 0.25) is 0 Å². The Bertz CT molecular complexity index is 10900. The molecule has 8 aromatic heterocycles. The number of para-hydroxylation sites is 9. The highest BCUT2D eigenvalue weighted by atomic mass is 16.3. The number of hydrogen-bond donors (Lipinski definition) is 0. The highest BCUT2D eigenvalue weighted by Crippen LogP contribution is 2.47. The quantitative estimate of drug-likeness (QED) is 0.137. The van der Waals surface area contributed by atoms with Gasteiger partial charge in [-0.25, -0.2) is 0 Å². The summed E-state index contributed by atoms with van der Waals surface area (Å²) in [5.74, 6) is 0. The van der Waals surface area contributed by atoms with E-state index in [1.807, 2.05) is 48.5 Å². The van der Waals surface area contributed by atoms with Crippen molar-refractivity contribution >= 4 is 197 Å². The Hall–Kier alpha value is -19.8. The van der Waals surface area contributed by atoms with Gasteiger partial charge in [-0.05, 0) is 247 Å². The van der Waals surface area contributed by atoms with Crippen molar-refractivity contribution < 1.29 is 17.7 Å². The first-order valence-corrected chi connectivity index (χ1v) is 50.4. The minimum Gasteiger partial charge on any atom is -0.456 e. The lowest BCUT2D eigenvalue weighted by molar-refractivity contribution is 0.668. The van der Waals surface area contributed by atoms with Gasteiger partial charge in [0.05, 0.1) is 49.8 Å². The van der Waals surface area contributed by atoms with Crippen LogP contribution in [-0.4, -0.2) is 18.3 Å². The maximum absolute atomic E-state index is 6.11. The van der Waals surface area contributed by atoms with Crippen molar-refractivity contribution in [3.05, 3.63) is 534 Å². The van der Waals surface area contributed by atoms with Crippen molar-refractivity contribution in [2.24, 2.45) is 0 Å². The van der Waals surface area contributed by atoms with Gasteiger partial charge in [0.15, 0.2) is 0 Å². The molecular weight excluding hydrogens is 1800 g/mol. The summed E-state index contributed by atoms with van der Waals surface area (Å²) < 4.78 is 33.8. The first-order chi connectivity index (χ1) is 73.4. The Morgan fingerprint density at radius 2 is 0.372 bits per heavy atom. The molecule has 0 atom stereocenters. The Kier molecular flexibility index (Phi) is 20.2. The molecule has 0 saturated carbocycles.